The van der Waals surface area contributed by atoms with Crippen LogP contribution >= 0.6 is 23.4 Å². The molecule has 4 aromatic rings. The summed E-state index contributed by atoms with van der Waals surface area (Å²) in [5, 5.41) is 10.7. The third kappa shape index (κ3) is 3.64. The van der Waals surface area contributed by atoms with E-state index in [0.717, 1.165) is 29.1 Å². The molecule has 0 aliphatic carbocycles. The van der Waals surface area contributed by atoms with E-state index in [1.165, 1.54) is 0 Å². The number of para-hydroxylation sites is 1. The highest BCUT2D eigenvalue weighted by Crippen LogP contribution is 2.39. The average Bonchev–Trinajstić information content (AvgIpc) is 3.22. The number of thioether (sulfide) groups is 1. The number of nitrogens with zero attached hydrogens (tertiary/aromatic N) is 4. The minimum Gasteiger partial charge on any atom is -0.486 e. The molecule has 0 fully saturated rings. The highest BCUT2D eigenvalue weighted by atomic mass is 35.5. The number of hydrogen-bond acceptors (Lipinski definition) is 6. The second-order valence-electron chi connectivity index (χ2n) is 7.34. The molecule has 0 amide bonds. The van der Waals surface area contributed by atoms with Crippen molar-refractivity contribution in [3.8, 4) is 11.5 Å². The van der Waals surface area contributed by atoms with Gasteiger partial charge in [-0.05, 0) is 36.2 Å². The van der Waals surface area contributed by atoms with Gasteiger partial charge in [0.05, 0.1) is 15.9 Å². The van der Waals surface area contributed by atoms with E-state index < -0.39 is 0 Å². The van der Waals surface area contributed by atoms with Crippen molar-refractivity contribution in [2.45, 2.75) is 37.2 Å². The van der Waals surface area contributed by atoms with Gasteiger partial charge in [0.25, 0.3) is 5.56 Å². The van der Waals surface area contributed by atoms with E-state index in [-0.39, 0.29) is 5.56 Å². The SMILES string of the molecule is CCCCn1c(=O)c2ccccc2n2c(SCc3cc(Cl)c4c(c3)OCCO4)nnc12. The number of fused-ring (bicyclic) bond motifs is 4. The van der Waals surface area contributed by atoms with E-state index in [1.807, 2.05) is 40.8 Å². The quantitative estimate of drug-likeness (QED) is 0.396. The van der Waals surface area contributed by atoms with Crippen LogP contribution in [0.15, 0.2) is 46.3 Å². The molecular formula is C22H21ClN4O3S. The molecule has 1 aliphatic heterocycles. The summed E-state index contributed by atoms with van der Waals surface area (Å²) in [6.45, 7) is 3.73. The predicted octanol–water partition coefficient (Wildman–Crippen LogP) is 4.56. The van der Waals surface area contributed by atoms with Crippen LogP contribution in [0.1, 0.15) is 25.3 Å². The Morgan fingerprint density at radius 2 is 2.00 bits per heavy atom. The van der Waals surface area contributed by atoms with E-state index in [0.29, 0.717) is 53.2 Å². The highest BCUT2D eigenvalue weighted by Gasteiger charge is 2.19. The lowest BCUT2D eigenvalue weighted by atomic mass is 10.2. The first-order chi connectivity index (χ1) is 15.2. The first kappa shape index (κ1) is 20.2. The number of halogens is 1. The summed E-state index contributed by atoms with van der Waals surface area (Å²) < 4.78 is 15.0. The Morgan fingerprint density at radius 1 is 1.16 bits per heavy atom. The molecular weight excluding hydrogens is 436 g/mol. The molecule has 3 heterocycles. The Morgan fingerprint density at radius 3 is 2.87 bits per heavy atom. The molecule has 0 spiro atoms. The zero-order valence-electron chi connectivity index (χ0n) is 17.0. The minimum absolute atomic E-state index is 0.0286. The zero-order chi connectivity index (χ0) is 21.4. The van der Waals surface area contributed by atoms with Crippen LogP contribution in [0.25, 0.3) is 16.7 Å². The number of unbranched alkanes of at least 4 members (excludes halogenated alkanes) is 1. The number of ether oxygens (including phenoxy) is 2. The molecule has 7 nitrogen and oxygen atoms in total. The summed E-state index contributed by atoms with van der Waals surface area (Å²) in [5.74, 6) is 2.46. The Bertz CT molecular complexity index is 1330. The summed E-state index contributed by atoms with van der Waals surface area (Å²) in [6, 6.07) is 11.4. The molecule has 0 saturated carbocycles. The van der Waals surface area contributed by atoms with Crippen LogP contribution in [0, 0.1) is 0 Å². The van der Waals surface area contributed by atoms with Crippen molar-refractivity contribution in [1.82, 2.24) is 19.2 Å². The van der Waals surface area contributed by atoms with Crippen LogP contribution in [0.3, 0.4) is 0 Å². The lowest BCUT2D eigenvalue weighted by molar-refractivity contribution is 0.171. The molecule has 5 rings (SSSR count). The fourth-order valence-electron chi connectivity index (χ4n) is 3.74. The molecule has 2 aromatic heterocycles. The van der Waals surface area contributed by atoms with Gasteiger partial charge in [-0.3, -0.25) is 13.8 Å². The molecule has 0 radical (unpaired) electrons. The van der Waals surface area contributed by atoms with Gasteiger partial charge in [0.15, 0.2) is 16.7 Å². The second-order valence-corrected chi connectivity index (χ2v) is 8.69. The minimum atomic E-state index is -0.0286. The maximum absolute atomic E-state index is 13.0. The number of aromatic nitrogens is 4. The summed E-state index contributed by atoms with van der Waals surface area (Å²) in [4.78, 5) is 13.0. The third-order valence-electron chi connectivity index (χ3n) is 5.24. The average molecular weight is 457 g/mol. The van der Waals surface area contributed by atoms with Gasteiger partial charge in [0, 0.05) is 12.3 Å². The standard InChI is InChI=1S/C22H21ClN4O3S/c1-2-3-8-26-20(28)15-6-4-5-7-17(15)27-21(26)24-25-22(27)31-13-14-11-16(23)19-18(12-14)29-9-10-30-19/h4-7,11-12H,2-3,8-10,13H2,1H3. The molecule has 2 aromatic carbocycles. The van der Waals surface area contributed by atoms with Crippen molar-refractivity contribution in [3.05, 3.63) is 57.3 Å². The van der Waals surface area contributed by atoms with Crippen molar-refractivity contribution in [1.29, 1.82) is 0 Å². The van der Waals surface area contributed by atoms with Gasteiger partial charge < -0.3 is 9.47 Å². The predicted molar refractivity (Wildman–Crippen MR) is 122 cm³/mol. The van der Waals surface area contributed by atoms with E-state index in [9.17, 15) is 4.79 Å². The van der Waals surface area contributed by atoms with Crippen molar-refractivity contribution in [2.24, 2.45) is 0 Å². The number of aryl methyl sites for hydroxylation is 1. The second kappa shape index (κ2) is 8.43. The Balaban J connectivity index is 1.55. The van der Waals surface area contributed by atoms with Crippen molar-refractivity contribution in [3.63, 3.8) is 0 Å². The number of benzene rings is 2. The molecule has 31 heavy (non-hydrogen) atoms. The van der Waals surface area contributed by atoms with E-state index in [4.69, 9.17) is 21.1 Å². The van der Waals surface area contributed by atoms with Gasteiger partial charge in [-0.15, -0.1) is 10.2 Å². The van der Waals surface area contributed by atoms with Crippen molar-refractivity contribution >= 4 is 40.0 Å². The first-order valence-electron chi connectivity index (χ1n) is 10.2. The van der Waals surface area contributed by atoms with E-state index in [1.54, 1.807) is 16.3 Å². The number of rotatable bonds is 6. The van der Waals surface area contributed by atoms with Crippen molar-refractivity contribution in [2.75, 3.05) is 13.2 Å². The Hall–Kier alpha value is -2.71. The lowest BCUT2D eigenvalue weighted by Crippen LogP contribution is -2.23. The molecule has 1 aliphatic rings. The van der Waals surface area contributed by atoms with Crippen LogP contribution < -0.4 is 15.0 Å². The number of hydrogen-bond donors (Lipinski definition) is 0. The fourth-order valence-corrected chi connectivity index (χ4v) is 4.90. The van der Waals surface area contributed by atoms with Crippen LogP contribution in [-0.4, -0.2) is 32.4 Å². The van der Waals surface area contributed by atoms with E-state index >= 15 is 0 Å². The molecule has 0 atom stereocenters. The molecule has 0 saturated heterocycles. The summed E-state index contributed by atoms with van der Waals surface area (Å²) in [5.41, 5.74) is 1.78. The van der Waals surface area contributed by atoms with Crippen molar-refractivity contribution < 1.29 is 9.47 Å². The first-order valence-corrected chi connectivity index (χ1v) is 11.6. The van der Waals surface area contributed by atoms with Gasteiger partial charge in [-0.1, -0.05) is 48.8 Å². The van der Waals surface area contributed by atoms with E-state index in [2.05, 4.69) is 17.1 Å². The molecule has 160 valence electrons. The smallest absolute Gasteiger partial charge is 0.262 e. The van der Waals surface area contributed by atoms with Gasteiger partial charge in [0.2, 0.25) is 5.78 Å². The summed E-state index contributed by atoms with van der Waals surface area (Å²) in [6.07, 6.45) is 1.89. The molecule has 0 unspecified atom stereocenters. The molecule has 0 bridgehead atoms. The normalized spacial score (nSPS) is 13.2. The topological polar surface area (TPSA) is 70.7 Å². The highest BCUT2D eigenvalue weighted by molar-refractivity contribution is 7.98. The maximum atomic E-state index is 13.0. The van der Waals surface area contributed by atoms with Gasteiger partial charge >= 0.3 is 0 Å². The van der Waals surface area contributed by atoms with Crippen LogP contribution in [0.4, 0.5) is 0 Å². The zero-order valence-corrected chi connectivity index (χ0v) is 18.6. The van der Waals surface area contributed by atoms with Gasteiger partial charge in [0.1, 0.15) is 13.2 Å². The monoisotopic (exact) mass is 456 g/mol. The summed E-state index contributed by atoms with van der Waals surface area (Å²) >= 11 is 7.92. The van der Waals surface area contributed by atoms with Gasteiger partial charge in [-0.2, -0.15) is 0 Å². The Kier molecular flexibility index (Phi) is 5.50. The molecule has 0 N–H and O–H groups in total. The largest absolute Gasteiger partial charge is 0.486 e. The summed E-state index contributed by atoms with van der Waals surface area (Å²) in [7, 11) is 0. The van der Waals surface area contributed by atoms with Gasteiger partial charge in [-0.25, -0.2) is 0 Å². The Labute approximate surface area is 187 Å². The van der Waals surface area contributed by atoms with Crippen LogP contribution in [0.5, 0.6) is 11.5 Å². The van der Waals surface area contributed by atoms with Crippen LogP contribution in [-0.2, 0) is 12.3 Å². The maximum Gasteiger partial charge on any atom is 0.262 e. The fraction of sp³-hybridized carbons (Fsp3) is 0.318. The third-order valence-corrected chi connectivity index (χ3v) is 6.52. The lowest BCUT2D eigenvalue weighted by Gasteiger charge is -2.20. The molecule has 9 heteroatoms. The van der Waals surface area contributed by atoms with Crippen LogP contribution in [0.2, 0.25) is 5.02 Å².